The lowest BCUT2D eigenvalue weighted by molar-refractivity contribution is -0.0850. The zero-order valence-electron chi connectivity index (χ0n) is 11.0. The van der Waals surface area contributed by atoms with Crippen LogP contribution in [0.4, 0.5) is 0 Å². The third kappa shape index (κ3) is 3.02. The Kier molecular flexibility index (Phi) is 4.58. The molecule has 4 heteroatoms. The second kappa shape index (κ2) is 6.18. The molecule has 18 heavy (non-hydrogen) atoms. The van der Waals surface area contributed by atoms with E-state index in [1.54, 1.807) is 0 Å². The van der Waals surface area contributed by atoms with Gasteiger partial charge in [0.05, 0.1) is 13.2 Å². The van der Waals surface area contributed by atoms with Crippen LogP contribution in [0.15, 0.2) is 24.3 Å². The Morgan fingerprint density at radius 3 is 3.00 bits per heavy atom. The highest BCUT2D eigenvalue weighted by molar-refractivity contribution is 5.35. The molecular formula is C14H21NO3. The van der Waals surface area contributed by atoms with E-state index in [1.165, 1.54) is 0 Å². The van der Waals surface area contributed by atoms with Gasteiger partial charge in [-0.2, -0.15) is 0 Å². The van der Waals surface area contributed by atoms with Gasteiger partial charge in [-0.15, -0.1) is 0 Å². The van der Waals surface area contributed by atoms with E-state index < -0.39 is 6.10 Å². The summed E-state index contributed by atoms with van der Waals surface area (Å²) in [5, 5.41) is 10.4. The van der Waals surface area contributed by atoms with Gasteiger partial charge in [-0.1, -0.05) is 18.2 Å². The molecule has 2 unspecified atom stereocenters. The first-order chi connectivity index (χ1) is 8.72. The number of aliphatic hydroxyl groups is 1. The number of hydrogen-bond acceptors (Lipinski definition) is 4. The number of morpholine rings is 1. The van der Waals surface area contributed by atoms with Crippen molar-refractivity contribution in [2.45, 2.75) is 19.1 Å². The van der Waals surface area contributed by atoms with Gasteiger partial charge >= 0.3 is 0 Å². The lowest BCUT2D eigenvalue weighted by Crippen LogP contribution is -2.43. The fraction of sp³-hybridized carbons (Fsp3) is 0.571. The predicted octanol–water partition coefficient (Wildman–Crippen LogP) is 1.45. The maximum atomic E-state index is 10.4. The van der Waals surface area contributed by atoms with Crippen molar-refractivity contribution in [3.05, 3.63) is 29.8 Å². The van der Waals surface area contributed by atoms with Gasteiger partial charge in [-0.05, 0) is 20.0 Å². The maximum Gasteiger partial charge on any atom is 0.125 e. The minimum absolute atomic E-state index is 0.189. The van der Waals surface area contributed by atoms with Crippen molar-refractivity contribution in [3.8, 4) is 5.75 Å². The number of likely N-dealkylation sites (N-methyl/N-ethyl adjacent to an activating group) is 1. The normalized spacial score (nSPS) is 22.7. The molecule has 0 amide bonds. The number of hydrogen-bond donors (Lipinski definition) is 1. The molecule has 1 N–H and O–H groups in total. The summed E-state index contributed by atoms with van der Waals surface area (Å²) in [4.78, 5) is 2.17. The molecule has 100 valence electrons. The average Bonchev–Trinajstić information content (AvgIpc) is 2.39. The van der Waals surface area contributed by atoms with E-state index in [2.05, 4.69) is 4.90 Å². The summed E-state index contributed by atoms with van der Waals surface area (Å²) in [6.07, 6.45) is -0.833. The van der Waals surface area contributed by atoms with Gasteiger partial charge < -0.3 is 19.5 Å². The van der Waals surface area contributed by atoms with Gasteiger partial charge in [0.15, 0.2) is 0 Å². The molecule has 1 heterocycles. The molecule has 2 atom stereocenters. The number of ether oxygens (including phenoxy) is 2. The van der Waals surface area contributed by atoms with Crippen molar-refractivity contribution in [1.29, 1.82) is 0 Å². The summed E-state index contributed by atoms with van der Waals surface area (Å²) >= 11 is 0. The second-order valence-corrected chi connectivity index (χ2v) is 4.59. The smallest absolute Gasteiger partial charge is 0.125 e. The summed E-state index contributed by atoms with van der Waals surface area (Å²) in [5.74, 6) is 0.740. The molecule has 4 nitrogen and oxygen atoms in total. The Labute approximate surface area is 108 Å². The Bertz CT molecular complexity index is 383. The summed E-state index contributed by atoms with van der Waals surface area (Å²) in [7, 11) is 2.04. The largest absolute Gasteiger partial charge is 0.493 e. The quantitative estimate of drug-likeness (QED) is 0.879. The lowest BCUT2D eigenvalue weighted by atomic mass is 10.0. The molecule has 1 aromatic carbocycles. The molecule has 0 aliphatic carbocycles. The zero-order chi connectivity index (χ0) is 13.0. The molecular weight excluding hydrogens is 230 g/mol. The van der Waals surface area contributed by atoms with Crippen LogP contribution in [0.1, 0.15) is 18.6 Å². The third-order valence-corrected chi connectivity index (χ3v) is 3.19. The molecule has 1 fully saturated rings. The molecule has 0 radical (unpaired) electrons. The Hall–Kier alpha value is -1.10. The fourth-order valence-corrected chi connectivity index (χ4v) is 2.21. The third-order valence-electron chi connectivity index (χ3n) is 3.19. The van der Waals surface area contributed by atoms with Crippen LogP contribution in [0.2, 0.25) is 0 Å². The number of benzene rings is 1. The minimum Gasteiger partial charge on any atom is -0.493 e. The van der Waals surface area contributed by atoms with Gasteiger partial charge in [0.25, 0.3) is 0 Å². The molecule has 2 rings (SSSR count). The van der Waals surface area contributed by atoms with Gasteiger partial charge in [0, 0.05) is 18.7 Å². The zero-order valence-corrected chi connectivity index (χ0v) is 11.0. The van der Waals surface area contributed by atoms with E-state index in [0.717, 1.165) is 24.4 Å². The van der Waals surface area contributed by atoms with E-state index in [0.29, 0.717) is 13.2 Å². The van der Waals surface area contributed by atoms with Gasteiger partial charge in [-0.3, -0.25) is 0 Å². The van der Waals surface area contributed by atoms with Gasteiger partial charge in [0.2, 0.25) is 0 Å². The first kappa shape index (κ1) is 13.3. The number of nitrogens with zero attached hydrogens (tertiary/aromatic N) is 1. The first-order valence-electron chi connectivity index (χ1n) is 6.42. The number of rotatable bonds is 4. The van der Waals surface area contributed by atoms with E-state index in [-0.39, 0.29) is 6.10 Å². The highest BCUT2D eigenvalue weighted by Crippen LogP contribution is 2.29. The monoisotopic (exact) mass is 251 g/mol. The van der Waals surface area contributed by atoms with Crippen LogP contribution < -0.4 is 4.74 Å². The predicted molar refractivity (Wildman–Crippen MR) is 69.8 cm³/mol. The Morgan fingerprint density at radius 1 is 1.50 bits per heavy atom. The lowest BCUT2D eigenvalue weighted by Gasteiger charge is -2.33. The van der Waals surface area contributed by atoms with Crippen molar-refractivity contribution >= 4 is 0 Å². The molecule has 0 spiro atoms. The van der Waals surface area contributed by atoms with E-state index >= 15 is 0 Å². The molecule has 1 saturated heterocycles. The van der Waals surface area contributed by atoms with Crippen LogP contribution in [0, 0.1) is 0 Å². The van der Waals surface area contributed by atoms with Crippen LogP contribution in [0.5, 0.6) is 5.75 Å². The van der Waals surface area contributed by atoms with Crippen molar-refractivity contribution in [1.82, 2.24) is 4.90 Å². The van der Waals surface area contributed by atoms with Crippen molar-refractivity contribution in [2.75, 3.05) is 33.4 Å². The highest BCUT2D eigenvalue weighted by Gasteiger charge is 2.28. The fourth-order valence-electron chi connectivity index (χ4n) is 2.21. The number of para-hydroxylation sites is 1. The molecule has 1 aromatic rings. The Balaban J connectivity index is 2.14. The van der Waals surface area contributed by atoms with E-state index in [4.69, 9.17) is 9.47 Å². The van der Waals surface area contributed by atoms with Crippen LogP contribution in [0.3, 0.4) is 0 Å². The standard InChI is InChI=1S/C14H21NO3/c1-3-17-12-7-5-4-6-11(12)14(16)13-10-15(2)8-9-18-13/h4-7,13-14,16H,3,8-10H2,1-2H3. The summed E-state index contributed by atoms with van der Waals surface area (Å²) in [6, 6.07) is 7.60. The summed E-state index contributed by atoms with van der Waals surface area (Å²) < 4.78 is 11.2. The van der Waals surface area contributed by atoms with Gasteiger partial charge in [0.1, 0.15) is 18.0 Å². The SMILES string of the molecule is CCOc1ccccc1C(O)C1CN(C)CCO1. The molecule has 1 aliphatic rings. The maximum absolute atomic E-state index is 10.4. The summed E-state index contributed by atoms with van der Waals surface area (Å²) in [5.41, 5.74) is 0.805. The molecule has 0 bridgehead atoms. The molecule has 0 saturated carbocycles. The van der Waals surface area contributed by atoms with Crippen LogP contribution in [-0.4, -0.2) is 49.5 Å². The Morgan fingerprint density at radius 2 is 2.28 bits per heavy atom. The van der Waals surface area contributed by atoms with Crippen molar-refractivity contribution < 1.29 is 14.6 Å². The molecule has 0 aromatic heterocycles. The van der Waals surface area contributed by atoms with Crippen LogP contribution in [-0.2, 0) is 4.74 Å². The van der Waals surface area contributed by atoms with Gasteiger partial charge in [-0.25, -0.2) is 0 Å². The second-order valence-electron chi connectivity index (χ2n) is 4.59. The first-order valence-corrected chi connectivity index (χ1v) is 6.42. The highest BCUT2D eigenvalue weighted by atomic mass is 16.5. The van der Waals surface area contributed by atoms with Crippen molar-refractivity contribution in [3.63, 3.8) is 0 Å². The number of aliphatic hydroxyl groups excluding tert-OH is 1. The van der Waals surface area contributed by atoms with Crippen LogP contribution in [0.25, 0.3) is 0 Å². The minimum atomic E-state index is -0.643. The topological polar surface area (TPSA) is 41.9 Å². The van der Waals surface area contributed by atoms with E-state index in [9.17, 15) is 5.11 Å². The van der Waals surface area contributed by atoms with E-state index in [1.807, 2.05) is 38.2 Å². The van der Waals surface area contributed by atoms with Crippen molar-refractivity contribution in [2.24, 2.45) is 0 Å². The van der Waals surface area contributed by atoms with Crippen LogP contribution >= 0.6 is 0 Å². The summed E-state index contributed by atoms with van der Waals surface area (Å²) in [6.45, 7) is 4.84. The average molecular weight is 251 g/mol. The molecule has 1 aliphatic heterocycles.